The van der Waals surface area contributed by atoms with Crippen LogP contribution in [0.15, 0.2) is 30.3 Å². The van der Waals surface area contributed by atoms with Crippen LogP contribution in [-0.4, -0.2) is 51.7 Å². The van der Waals surface area contributed by atoms with E-state index in [2.05, 4.69) is 14.8 Å². The molecule has 0 bridgehead atoms. The number of hydrogen-bond donors (Lipinski definition) is 2. The second kappa shape index (κ2) is 7.21. The van der Waals surface area contributed by atoms with Crippen LogP contribution in [0.25, 0.3) is 11.4 Å². The maximum absolute atomic E-state index is 13.0. The molecule has 3 rings (SSSR count). The lowest BCUT2D eigenvalue weighted by molar-refractivity contribution is 0.0840. The minimum atomic E-state index is -0.325. The number of hydrogen-bond acceptors (Lipinski definition) is 4. The average molecular weight is 356 g/mol. The fraction of sp³-hybridized carbons (Fsp3) is 0.500. The first kappa shape index (κ1) is 18.6. The summed E-state index contributed by atoms with van der Waals surface area (Å²) >= 11 is 0. The van der Waals surface area contributed by atoms with Crippen LogP contribution in [-0.2, 0) is 13.1 Å². The molecule has 0 saturated carbocycles. The lowest BCUT2D eigenvalue weighted by Gasteiger charge is -2.30. The number of aromatic nitrogens is 2. The van der Waals surface area contributed by atoms with Gasteiger partial charge < -0.3 is 15.0 Å². The molecule has 1 aromatic heterocycles. The molecule has 1 aliphatic rings. The molecule has 1 atom stereocenters. The Bertz CT molecular complexity index is 777. The zero-order valence-electron chi connectivity index (χ0n) is 16.0. The minimum Gasteiger partial charge on any atom is -0.394 e. The van der Waals surface area contributed by atoms with Crippen LogP contribution >= 0.6 is 0 Å². The Morgan fingerprint density at radius 1 is 1.27 bits per heavy atom. The van der Waals surface area contributed by atoms with Gasteiger partial charge in [0.2, 0.25) is 0 Å². The van der Waals surface area contributed by atoms with Crippen molar-refractivity contribution in [3.05, 3.63) is 41.7 Å². The van der Waals surface area contributed by atoms with E-state index in [1.807, 2.05) is 58.2 Å². The van der Waals surface area contributed by atoms with Crippen LogP contribution in [0, 0.1) is 5.41 Å². The monoisotopic (exact) mass is 356 g/mol. The first-order valence-corrected chi connectivity index (χ1v) is 9.06. The summed E-state index contributed by atoms with van der Waals surface area (Å²) in [5.74, 6) is 0.607. The fourth-order valence-electron chi connectivity index (χ4n) is 3.25. The predicted molar refractivity (Wildman–Crippen MR) is 102 cm³/mol. The molecule has 0 fully saturated rings. The highest BCUT2D eigenvalue weighted by Crippen LogP contribution is 2.27. The van der Waals surface area contributed by atoms with Crippen molar-refractivity contribution < 1.29 is 9.90 Å². The highest BCUT2D eigenvalue weighted by molar-refractivity contribution is 5.94. The van der Waals surface area contributed by atoms with Crippen LogP contribution in [0.2, 0.25) is 0 Å². The van der Waals surface area contributed by atoms with Gasteiger partial charge in [0.1, 0.15) is 5.82 Å². The Morgan fingerprint density at radius 3 is 2.58 bits per heavy atom. The Kier molecular flexibility index (Phi) is 5.16. The van der Waals surface area contributed by atoms with Crippen LogP contribution in [0.4, 0.5) is 0 Å². The fourth-order valence-corrected chi connectivity index (χ4v) is 3.25. The van der Waals surface area contributed by atoms with Gasteiger partial charge in [-0.25, -0.2) is 4.98 Å². The molecule has 0 aliphatic carbocycles. The van der Waals surface area contributed by atoms with E-state index in [0.29, 0.717) is 12.2 Å². The van der Waals surface area contributed by atoms with Gasteiger partial charge in [-0.3, -0.25) is 9.69 Å². The zero-order valence-corrected chi connectivity index (χ0v) is 16.0. The van der Waals surface area contributed by atoms with E-state index in [4.69, 9.17) is 4.98 Å². The number of benzene rings is 1. The van der Waals surface area contributed by atoms with Crippen LogP contribution in [0.1, 0.15) is 37.0 Å². The van der Waals surface area contributed by atoms with Crippen LogP contribution in [0.5, 0.6) is 0 Å². The molecule has 6 nitrogen and oxygen atoms in total. The van der Waals surface area contributed by atoms with Gasteiger partial charge in [-0.2, -0.15) is 0 Å². The lowest BCUT2D eigenvalue weighted by atomic mass is 9.87. The Hall–Kier alpha value is -2.18. The number of carbonyl (C=O) groups is 1. The van der Waals surface area contributed by atoms with Gasteiger partial charge in [-0.1, -0.05) is 51.1 Å². The number of aliphatic hydroxyl groups excluding tert-OH is 1. The van der Waals surface area contributed by atoms with Crippen molar-refractivity contribution in [2.75, 3.05) is 20.2 Å². The van der Waals surface area contributed by atoms with E-state index < -0.39 is 0 Å². The normalized spacial score (nSPS) is 16.2. The molecule has 6 heteroatoms. The molecule has 0 saturated heterocycles. The summed E-state index contributed by atoms with van der Waals surface area (Å²) in [6, 6.07) is 9.64. The SMILES string of the molecule is CN1CCn2c(-c3ccccc3)nc(C(=O)N[C@H](CO)C(C)(C)C)c2C1. The van der Waals surface area contributed by atoms with Crippen LogP contribution < -0.4 is 5.32 Å². The number of rotatable bonds is 4. The summed E-state index contributed by atoms with van der Waals surface area (Å²) in [7, 11) is 2.05. The number of imidazole rings is 1. The third kappa shape index (κ3) is 3.66. The summed E-state index contributed by atoms with van der Waals surface area (Å²) in [6.45, 7) is 8.31. The summed E-state index contributed by atoms with van der Waals surface area (Å²) in [6.07, 6.45) is 0. The maximum Gasteiger partial charge on any atom is 0.272 e. The number of carbonyl (C=O) groups excluding carboxylic acids is 1. The van der Waals surface area contributed by atoms with Gasteiger partial charge in [0.15, 0.2) is 5.69 Å². The number of aliphatic hydroxyl groups is 1. The van der Waals surface area contributed by atoms with Crippen LogP contribution in [0.3, 0.4) is 0 Å². The Morgan fingerprint density at radius 2 is 1.96 bits per heavy atom. The third-order valence-corrected chi connectivity index (χ3v) is 4.98. The number of fused-ring (bicyclic) bond motifs is 1. The summed E-state index contributed by atoms with van der Waals surface area (Å²) in [5.41, 5.74) is 2.16. The standard InChI is InChI=1S/C20H28N4O2/c1-20(2,3)16(13-25)21-19(26)17-15-12-23(4)10-11-24(15)18(22-17)14-8-6-5-7-9-14/h5-9,16,25H,10-13H2,1-4H3,(H,21,26)/t16-/m1/s1. The third-order valence-electron chi connectivity index (χ3n) is 4.98. The van der Waals surface area contributed by atoms with Crippen molar-refractivity contribution in [1.29, 1.82) is 0 Å². The maximum atomic E-state index is 13.0. The molecule has 0 spiro atoms. The van der Waals surface area contributed by atoms with Crippen molar-refractivity contribution in [2.45, 2.75) is 39.9 Å². The topological polar surface area (TPSA) is 70.4 Å². The Labute approximate surface area is 154 Å². The number of likely N-dealkylation sites (N-methyl/N-ethyl adjacent to an activating group) is 1. The van der Waals surface area contributed by atoms with Gasteiger partial charge in [-0.05, 0) is 12.5 Å². The predicted octanol–water partition coefficient (Wildman–Crippen LogP) is 2.13. The summed E-state index contributed by atoms with van der Waals surface area (Å²) < 4.78 is 2.15. The Balaban J connectivity index is 1.99. The van der Waals surface area contributed by atoms with E-state index in [-0.39, 0.29) is 24.0 Å². The summed E-state index contributed by atoms with van der Waals surface area (Å²) in [4.78, 5) is 19.9. The quantitative estimate of drug-likeness (QED) is 0.880. The van der Waals surface area contributed by atoms with Gasteiger partial charge in [0.25, 0.3) is 5.91 Å². The van der Waals surface area contributed by atoms with E-state index in [1.54, 1.807) is 0 Å². The van der Waals surface area contributed by atoms with Gasteiger partial charge in [0.05, 0.1) is 18.3 Å². The van der Waals surface area contributed by atoms with E-state index in [9.17, 15) is 9.90 Å². The molecule has 140 valence electrons. The smallest absolute Gasteiger partial charge is 0.272 e. The average Bonchev–Trinajstić information content (AvgIpc) is 2.98. The van der Waals surface area contributed by atoms with Crippen molar-refractivity contribution in [3.8, 4) is 11.4 Å². The van der Waals surface area contributed by atoms with Crippen molar-refractivity contribution in [3.63, 3.8) is 0 Å². The van der Waals surface area contributed by atoms with E-state index in [0.717, 1.165) is 30.2 Å². The molecule has 1 aliphatic heterocycles. The number of nitrogens with zero attached hydrogens (tertiary/aromatic N) is 3. The van der Waals surface area contributed by atoms with Gasteiger partial charge in [0, 0.05) is 25.2 Å². The first-order chi connectivity index (χ1) is 12.3. The van der Waals surface area contributed by atoms with Gasteiger partial charge >= 0.3 is 0 Å². The molecule has 1 aromatic carbocycles. The lowest BCUT2D eigenvalue weighted by Crippen LogP contribution is -2.46. The molecule has 0 radical (unpaired) electrons. The molecule has 2 N–H and O–H groups in total. The highest BCUT2D eigenvalue weighted by atomic mass is 16.3. The largest absolute Gasteiger partial charge is 0.394 e. The summed E-state index contributed by atoms with van der Waals surface area (Å²) in [5, 5.41) is 12.6. The molecule has 0 unspecified atom stereocenters. The second-order valence-corrected chi connectivity index (χ2v) is 8.06. The molecular weight excluding hydrogens is 328 g/mol. The second-order valence-electron chi connectivity index (χ2n) is 8.06. The highest BCUT2D eigenvalue weighted by Gasteiger charge is 2.30. The minimum absolute atomic E-state index is 0.100. The zero-order chi connectivity index (χ0) is 18.9. The molecule has 26 heavy (non-hydrogen) atoms. The number of amides is 1. The van der Waals surface area contributed by atoms with Crippen molar-refractivity contribution >= 4 is 5.91 Å². The molecule has 1 amide bonds. The molecule has 2 heterocycles. The molecular formula is C20H28N4O2. The van der Waals surface area contributed by atoms with Crippen molar-refractivity contribution in [1.82, 2.24) is 19.8 Å². The van der Waals surface area contributed by atoms with E-state index in [1.165, 1.54) is 0 Å². The van der Waals surface area contributed by atoms with Gasteiger partial charge in [-0.15, -0.1) is 0 Å². The first-order valence-electron chi connectivity index (χ1n) is 9.06. The molecule has 2 aromatic rings. The van der Waals surface area contributed by atoms with Crippen molar-refractivity contribution in [2.24, 2.45) is 5.41 Å². The number of nitrogens with one attached hydrogen (secondary N) is 1. The van der Waals surface area contributed by atoms with E-state index >= 15 is 0 Å².